The fourth-order valence-corrected chi connectivity index (χ4v) is 2.53. The van der Waals surface area contributed by atoms with E-state index >= 15 is 0 Å². The lowest BCUT2D eigenvalue weighted by atomic mass is 10.00. The molecule has 90 valence electrons. The Kier molecular flexibility index (Phi) is 4.40. The van der Waals surface area contributed by atoms with Gasteiger partial charge in [0.1, 0.15) is 0 Å². The summed E-state index contributed by atoms with van der Waals surface area (Å²) >= 11 is 0. The van der Waals surface area contributed by atoms with Crippen molar-refractivity contribution in [2.24, 2.45) is 5.92 Å². The Balaban J connectivity index is 1.73. The van der Waals surface area contributed by atoms with Crippen molar-refractivity contribution < 1.29 is 0 Å². The van der Waals surface area contributed by atoms with E-state index in [2.05, 4.69) is 22.4 Å². The number of rotatable bonds is 4. The van der Waals surface area contributed by atoms with Crippen molar-refractivity contribution in [3.8, 4) is 0 Å². The van der Waals surface area contributed by atoms with Crippen molar-refractivity contribution in [3.63, 3.8) is 0 Å². The molecule has 1 fully saturated rings. The van der Waals surface area contributed by atoms with E-state index < -0.39 is 0 Å². The van der Waals surface area contributed by atoms with E-state index in [0.717, 1.165) is 12.5 Å². The van der Waals surface area contributed by atoms with Gasteiger partial charge in [0.2, 0.25) is 0 Å². The van der Waals surface area contributed by atoms with Gasteiger partial charge in [-0.25, -0.2) is 0 Å². The number of aromatic nitrogens is 2. The van der Waals surface area contributed by atoms with Crippen LogP contribution in [0.5, 0.6) is 0 Å². The Labute approximate surface area is 98.0 Å². The minimum atomic E-state index is 0.419. The molecule has 1 heterocycles. The molecule has 2 rings (SSSR count). The normalized spacial score (nSPS) is 20.6. The van der Waals surface area contributed by atoms with Gasteiger partial charge in [-0.15, -0.1) is 0 Å². The molecule has 2 N–H and O–H groups in total. The van der Waals surface area contributed by atoms with E-state index in [9.17, 15) is 0 Å². The lowest BCUT2D eigenvalue weighted by Gasteiger charge is -2.18. The third-order valence-corrected chi connectivity index (χ3v) is 3.71. The van der Waals surface area contributed by atoms with Crippen molar-refractivity contribution in [2.45, 2.75) is 51.5 Å². The van der Waals surface area contributed by atoms with Gasteiger partial charge >= 0.3 is 0 Å². The van der Waals surface area contributed by atoms with Crippen molar-refractivity contribution in [1.82, 2.24) is 15.5 Å². The van der Waals surface area contributed by atoms with Gasteiger partial charge in [0, 0.05) is 17.8 Å². The van der Waals surface area contributed by atoms with Gasteiger partial charge in [0.05, 0.1) is 6.20 Å². The molecule has 1 atom stereocenters. The SMILES string of the molecule is CC(NCC1CCCCCC1)c1cn[nH]c1. The summed E-state index contributed by atoms with van der Waals surface area (Å²) in [5.41, 5.74) is 1.26. The van der Waals surface area contributed by atoms with Crippen LogP contribution in [0.2, 0.25) is 0 Å². The third kappa shape index (κ3) is 3.34. The largest absolute Gasteiger partial charge is 0.310 e. The number of nitrogens with zero attached hydrogens (tertiary/aromatic N) is 1. The average Bonchev–Trinajstić information content (AvgIpc) is 2.71. The lowest BCUT2D eigenvalue weighted by Crippen LogP contribution is -2.25. The molecule has 0 aromatic carbocycles. The summed E-state index contributed by atoms with van der Waals surface area (Å²) < 4.78 is 0. The van der Waals surface area contributed by atoms with Crippen molar-refractivity contribution in [3.05, 3.63) is 18.0 Å². The smallest absolute Gasteiger partial charge is 0.0534 e. The molecule has 0 aliphatic heterocycles. The second kappa shape index (κ2) is 6.04. The van der Waals surface area contributed by atoms with Gasteiger partial charge in [-0.2, -0.15) is 5.10 Å². The Bertz CT molecular complexity index is 273. The Morgan fingerprint density at radius 1 is 1.38 bits per heavy atom. The molecule has 0 spiro atoms. The van der Waals surface area contributed by atoms with Crippen molar-refractivity contribution in [2.75, 3.05) is 6.54 Å². The maximum atomic E-state index is 3.99. The van der Waals surface area contributed by atoms with E-state index in [1.165, 1.54) is 44.1 Å². The molecule has 1 saturated carbocycles. The lowest BCUT2D eigenvalue weighted by molar-refractivity contribution is 0.403. The summed E-state index contributed by atoms with van der Waals surface area (Å²) in [5.74, 6) is 0.886. The summed E-state index contributed by atoms with van der Waals surface area (Å²) in [7, 11) is 0. The molecular weight excluding hydrogens is 198 g/mol. The van der Waals surface area contributed by atoms with Crippen LogP contribution in [0.4, 0.5) is 0 Å². The quantitative estimate of drug-likeness (QED) is 0.767. The first-order chi connectivity index (χ1) is 7.86. The van der Waals surface area contributed by atoms with Gasteiger partial charge in [0.15, 0.2) is 0 Å². The molecule has 3 heteroatoms. The minimum Gasteiger partial charge on any atom is -0.310 e. The molecule has 1 aliphatic rings. The molecule has 0 amide bonds. The van der Waals surface area contributed by atoms with Gasteiger partial charge < -0.3 is 5.32 Å². The summed E-state index contributed by atoms with van der Waals surface area (Å²) in [4.78, 5) is 0. The fraction of sp³-hybridized carbons (Fsp3) is 0.769. The Hall–Kier alpha value is -0.830. The van der Waals surface area contributed by atoms with E-state index in [0.29, 0.717) is 6.04 Å². The van der Waals surface area contributed by atoms with Crippen LogP contribution >= 0.6 is 0 Å². The number of H-pyrrole nitrogens is 1. The number of nitrogens with one attached hydrogen (secondary N) is 2. The maximum Gasteiger partial charge on any atom is 0.0534 e. The predicted molar refractivity (Wildman–Crippen MR) is 66.2 cm³/mol. The van der Waals surface area contributed by atoms with Crippen LogP contribution in [0.1, 0.15) is 57.1 Å². The van der Waals surface area contributed by atoms with E-state index in [1.807, 2.05) is 12.4 Å². The summed E-state index contributed by atoms with van der Waals surface area (Å²) in [6, 6.07) is 0.419. The maximum absolute atomic E-state index is 3.99. The highest BCUT2D eigenvalue weighted by atomic mass is 15.1. The molecule has 1 unspecified atom stereocenters. The average molecular weight is 221 g/mol. The summed E-state index contributed by atoms with van der Waals surface area (Å²) in [6.45, 7) is 3.37. The second-order valence-electron chi connectivity index (χ2n) is 5.02. The number of hydrogen-bond acceptors (Lipinski definition) is 2. The highest BCUT2D eigenvalue weighted by molar-refractivity contribution is 5.07. The van der Waals surface area contributed by atoms with Gasteiger partial charge in [-0.1, -0.05) is 25.7 Å². The number of hydrogen-bond donors (Lipinski definition) is 2. The molecule has 0 bridgehead atoms. The van der Waals surface area contributed by atoms with Gasteiger partial charge in [-0.3, -0.25) is 5.10 Å². The molecule has 0 saturated heterocycles. The monoisotopic (exact) mass is 221 g/mol. The Morgan fingerprint density at radius 3 is 2.75 bits per heavy atom. The van der Waals surface area contributed by atoms with Crippen LogP contribution in [0, 0.1) is 5.92 Å². The molecule has 3 nitrogen and oxygen atoms in total. The summed E-state index contributed by atoms with van der Waals surface area (Å²) in [5, 5.41) is 10.5. The molecule has 0 radical (unpaired) electrons. The minimum absolute atomic E-state index is 0.419. The number of aromatic amines is 1. The zero-order valence-corrected chi connectivity index (χ0v) is 10.2. The Morgan fingerprint density at radius 2 is 2.12 bits per heavy atom. The second-order valence-corrected chi connectivity index (χ2v) is 5.02. The zero-order chi connectivity index (χ0) is 11.2. The van der Waals surface area contributed by atoms with Crippen LogP contribution in [0.25, 0.3) is 0 Å². The van der Waals surface area contributed by atoms with Crippen molar-refractivity contribution >= 4 is 0 Å². The first kappa shape index (κ1) is 11.6. The van der Waals surface area contributed by atoms with E-state index in [-0.39, 0.29) is 0 Å². The molecular formula is C13H23N3. The van der Waals surface area contributed by atoms with Crippen LogP contribution in [0.15, 0.2) is 12.4 Å². The van der Waals surface area contributed by atoms with E-state index in [4.69, 9.17) is 0 Å². The first-order valence-corrected chi connectivity index (χ1v) is 6.58. The molecule has 1 aliphatic carbocycles. The summed E-state index contributed by atoms with van der Waals surface area (Å²) in [6.07, 6.45) is 12.4. The topological polar surface area (TPSA) is 40.7 Å². The third-order valence-electron chi connectivity index (χ3n) is 3.71. The molecule has 1 aromatic rings. The molecule has 1 aromatic heterocycles. The van der Waals surface area contributed by atoms with Crippen LogP contribution < -0.4 is 5.32 Å². The first-order valence-electron chi connectivity index (χ1n) is 6.58. The predicted octanol–water partition coefficient (Wildman–Crippen LogP) is 3.03. The van der Waals surface area contributed by atoms with Crippen LogP contribution in [0.3, 0.4) is 0 Å². The van der Waals surface area contributed by atoms with Crippen LogP contribution in [-0.4, -0.2) is 16.7 Å². The highest BCUT2D eigenvalue weighted by Gasteiger charge is 2.13. The van der Waals surface area contributed by atoms with Crippen molar-refractivity contribution in [1.29, 1.82) is 0 Å². The van der Waals surface area contributed by atoms with E-state index in [1.54, 1.807) is 0 Å². The highest BCUT2D eigenvalue weighted by Crippen LogP contribution is 2.22. The zero-order valence-electron chi connectivity index (χ0n) is 10.2. The van der Waals surface area contributed by atoms with Gasteiger partial charge in [-0.05, 0) is 32.2 Å². The standard InChI is InChI=1S/C13H23N3/c1-11(13-9-15-16-10-13)14-8-12-6-4-2-3-5-7-12/h9-12,14H,2-8H2,1H3,(H,15,16). The van der Waals surface area contributed by atoms with Crippen LogP contribution in [-0.2, 0) is 0 Å². The fourth-order valence-electron chi connectivity index (χ4n) is 2.53. The molecule has 16 heavy (non-hydrogen) atoms. The van der Waals surface area contributed by atoms with Gasteiger partial charge in [0.25, 0.3) is 0 Å².